The lowest BCUT2D eigenvalue weighted by Gasteiger charge is -2.21. The van der Waals surface area contributed by atoms with Crippen molar-refractivity contribution in [2.45, 2.75) is 13.5 Å². The van der Waals surface area contributed by atoms with Crippen LogP contribution in [0.15, 0.2) is 72.9 Å². The maximum atomic E-state index is 12.9. The van der Waals surface area contributed by atoms with Crippen LogP contribution in [0.3, 0.4) is 0 Å². The molecule has 2 amide bonds. The minimum Gasteiger partial charge on any atom is -0.347 e. The Morgan fingerprint density at radius 3 is 2.43 bits per heavy atom. The van der Waals surface area contributed by atoms with Gasteiger partial charge < -0.3 is 10.2 Å². The van der Waals surface area contributed by atoms with Gasteiger partial charge in [-0.05, 0) is 48.9 Å². The molecule has 0 atom stereocenters. The second-order valence-electron chi connectivity index (χ2n) is 6.12. The predicted octanol–water partition coefficient (Wildman–Crippen LogP) is 4.33. The molecule has 0 aliphatic heterocycles. The summed E-state index contributed by atoms with van der Waals surface area (Å²) in [6.07, 6.45) is 1.48. The van der Waals surface area contributed by atoms with Crippen LogP contribution in [0.4, 0.5) is 5.69 Å². The van der Waals surface area contributed by atoms with Gasteiger partial charge in [0, 0.05) is 35.6 Å². The van der Waals surface area contributed by atoms with Gasteiger partial charge in [-0.25, -0.2) is 0 Å². The molecule has 0 saturated carbocycles. The molecule has 0 fully saturated rings. The van der Waals surface area contributed by atoms with Crippen molar-refractivity contribution < 1.29 is 9.59 Å². The molecule has 0 aliphatic carbocycles. The normalized spacial score (nSPS) is 10.4. The number of rotatable bonds is 6. The first-order chi connectivity index (χ1) is 13.6. The predicted molar refractivity (Wildman–Crippen MR) is 111 cm³/mol. The minimum atomic E-state index is -0.340. The summed E-state index contributed by atoms with van der Waals surface area (Å²) in [5.41, 5.74) is 2.34. The molecule has 0 radical (unpaired) electrons. The molecule has 5 nitrogen and oxygen atoms in total. The van der Waals surface area contributed by atoms with E-state index in [-0.39, 0.29) is 17.5 Å². The van der Waals surface area contributed by atoms with Crippen molar-refractivity contribution in [1.82, 2.24) is 10.3 Å². The van der Waals surface area contributed by atoms with E-state index in [9.17, 15) is 9.59 Å². The SMILES string of the molecule is CCN(C(=O)c1ccnc(C(=O)NCc2ccc(Cl)cc2)c1)c1ccccc1. The number of hydrogen-bond donors (Lipinski definition) is 1. The van der Waals surface area contributed by atoms with Gasteiger partial charge in [-0.1, -0.05) is 41.9 Å². The topological polar surface area (TPSA) is 62.3 Å². The second kappa shape index (κ2) is 9.15. The number of benzene rings is 2. The lowest BCUT2D eigenvalue weighted by atomic mass is 10.1. The van der Waals surface area contributed by atoms with E-state index in [1.165, 1.54) is 12.3 Å². The zero-order chi connectivity index (χ0) is 19.9. The molecule has 0 spiro atoms. The highest BCUT2D eigenvalue weighted by Gasteiger charge is 2.18. The number of hydrogen-bond acceptors (Lipinski definition) is 3. The summed E-state index contributed by atoms with van der Waals surface area (Å²) < 4.78 is 0. The highest BCUT2D eigenvalue weighted by atomic mass is 35.5. The number of amides is 2. The van der Waals surface area contributed by atoms with Crippen molar-refractivity contribution >= 4 is 29.1 Å². The van der Waals surface area contributed by atoms with Crippen LogP contribution < -0.4 is 10.2 Å². The Morgan fingerprint density at radius 1 is 1.04 bits per heavy atom. The number of aromatic nitrogens is 1. The van der Waals surface area contributed by atoms with Crippen LogP contribution in [-0.2, 0) is 6.54 Å². The van der Waals surface area contributed by atoms with E-state index in [0.29, 0.717) is 23.7 Å². The molecule has 2 aromatic carbocycles. The van der Waals surface area contributed by atoms with E-state index in [4.69, 9.17) is 11.6 Å². The van der Waals surface area contributed by atoms with Gasteiger partial charge in [-0.15, -0.1) is 0 Å². The molecule has 3 aromatic rings. The maximum absolute atomic E-state index is 12.9. The van der Waals surface area contributed by atoms with Crippen molar-refractivity contribution in [2.75, 3.05) is 11.4 Å². The van der Waals surface area contributed by atoms with Gasteiger partial charge in [0.1, 0.15) is 5.69 Å². The highest BCUT2D eigenvalue weighted by Crippen LogP contribution is 2.17. The van der Waals surface area contributed by atoms with Gasteiger partial charge >= 0.3 is 0 Å². The van der Waals surface area contributed by atoms with Crippen molar-refractivity contribution in [3.05, 3.63) is 94.8 Å². The van der Waals surface area contributed by atoms with E-state index in [0.717, 1.165) is 11.3 Å². The second-order valence-corrected chi connectivity index (χ2v) is 6.56. The van der Waals surface area contributed by atoms with E-state index < -0.39 is 0 Å². The standard InChI is InChI=1S/C22H20ClN3O2/c1-2-26(19-6-4-3-5-7-19)22(28)17-12-13-24-20(14-17)21(27)25-15-16-8-10-18(23)11-9-16/h3-14H,2,15H2,1H3,(H,25,27). The number of halogens is 1. The average Bonchev–Trinajstić information content (AvgIpc) is 2.74. The quantitative estimate of drug-likeness (QED) is 0.677. The highest BCUT2D eigenvalue weighted by molar-refractivity contribution is 6.30. The van der Waals surface area contributed by atoms with Crippen LogP contribution in [-0.4, -0.2) is 23.3 Å². The Kier molecular flexibility index (Phi) is 6.40. The molecule has 1 heterocycles. The monoisotopic (exact) mass is 393 g/mol. The van der Waals surface area contributed by atoms with Crippen molar-refractivity contribution in [2.24, 2.45) is 0 Å². The molecule has 28 heavy (non-hydrogen) atoms. The van der Waals surface area contributed by atoms with Gasteiger partial charge in [0.2, 0.25) is 0 Å². The van der Waals surface area contributed by atoms with Gasteiger partial charge in [-0.3, -0.25) is 14.6 Å². The third kappa shape index (κ3) is 4.75. The fraction of sp³-hybridized carbons (Fsp3) is 0.136. The third-order valence-corrected chi connectivity index (χ3v) is 4.49. The molecular formula is C22H20ClN3O2. The lowest BCUT2D eigenvalue weighted by molar-refractivity contribution is 0.0946. The third-order valence-electron chi connectivity index (χ3n) is 4.24. The van der Waals surface area contributed by atoms with Gasteiger partial charge in [0.25, 0.3) is 11.8 Å². The van der Waals surface area contributed by atoms with Crippen LogP contribution in [0.1, 0.15) is 33.3 Å². The van der Waals surface area contributed by atoms with Crippen molar-refractivity contribution in [3.8, 4) is 0 Å². The average molecular weight is 394 g/mol. The van der Waals surface area contributed by atoms with Crippen LogP contribution in [0.25, 0.3) is 0 Å². The first-order valence-corrected chi connectivity index (χ1v) is 9.32. The molecule has 1 N–H and O–H groups in total. The van der Waals surface area contributed by atoms with E-state index >= 15 is 0 Å². The van der Waals surface area contributed by atoms with Crippen LogP contribution in [0.5, 0.6) is 0 Å². The molecular weight excluding hydrogens is 374 g/mol. The molecule has 6 heteroatoms. The van der Waals surface area contributed by atoms with Gasteiger partial charge in [0.05, 0.1) is 0 Å². The largest absolute Gasteiger partial charge is 0.347 e. The Balaban J connectivity index is 1.72. The zero-order valence-electron chi connectivity index (χ0n) is 15.4. The smallest absolute Gasteiger partial charge is 0.270 e. The Labute approximate surface area is 169 Å². The molecule has 0 unspecified atom stereocenters. The number of carbonyl (C=O) groups excluding carboxylic acids is 2. The summed E-state index contributed by atoms with van der Waals surface area (Å²) in [5, 5.41) is 3.45. The summed E-state index contributed by atoms with van der Waals surface area (Å²) in [6.45, 7) is 2.77. The summed E-state index contributed by atoms with van der Waals surface area (Å²) in [5.74, 6) is -0.518. The molecule has 0 saturated heterocycles. The Hall–Kier alpha value is -3.18. The van der Waals surface area contributed by atoms with Gasteiger partial charge in [-0.2, -0.15) is 0 Å². The Morgan fingerprint density at radius 2 is 1.75 bits per heavy atom. The van der Waals surface area contributed by atoms with Crippen LogP contribution in [0.2, 0.25) is 5.02 Å². The van der Waals surface area contributed by atoms with E-state index in [1.54, 1.807) is 23.1 Å². The number of anilines is 1. The fourth-order valence-electron chi connectivity index (χ4n) is 2.77. The number of nitrogens with one attached hydrogen (secondary N) is 1. The molecule has 142 valence electrons. The van der Waals surface area contributed by atoms with E-state index in [1.807, 2.05) is 49.4 Å². The maximum Gasteiger partial charge on any atom is 0.270 e. The van der Waals surface area contributed by atoms with Crippen molar-refractivity contribution in [1.29, 1.82) is 0 Å². The van der Waals surface area contributed by atoms with Gasteiger partial charge in [0.15, 0.2) is 0 Å². The summed E-state index contributed by atoms with van der Waals surface area (Å²) in [4.78, 5) is 31.1. The molecule has 0 bridgehead atoms. The molecule has 1 aromatic heterocycles. The number of para-hydroxylation sites is 1. The minimum absolute atomic E-state index is 0.178. The lowest BCUT2D eigenvalue weighted by Crippen LogP contribution is -2.31. The number of nitrogens with zero attached hydrogens (tertiary/aromatic N) is 2. The van der Waals surface area contributed by atoms with Crippen LogP contribution >= 0.6 is 11.6 Å². The first-order valence-electron chi connectivity index (χ1n) is 8.94. The van der Waals surface area contributed by atoms with Crippen LogP contribution in [0, 0.1) is 0 Å². The van der Waals surface area contributed by atoms with E-state index in [2.05, 4.69) is 10.3 Å². The summed E-state index contributed by atoms with van der Waals surface area (Å²) >= 11 is 5.87. The first kappa shape index (κ1) is 19.6. The Bertz CT molecular complexity index is 959. The molecule has 0 aliphatic rings. The summed E-state index contributed by atoms with van der Waals surface area (Å²) in [6, 6.07) is 19.8. The van der Waals surface area contributed by atoms with Crippen molar-refractivity contribution in [3.63, 3.8) is 0 Å². The summed E-state index contributed by atoms with van der Waals surface area (Å²) in [7, 11) is 0. The number of pyridine rings is 1. The molecule has 3 rings (SSSR count). The number of carbonyl (C=O) groups is 2. The zero-order valence-corrected chi connectivity index (χ0v) is 16.2. The fourth-order valence-corrected chi connectivity index (χ4v) is 2.90.